The standard InChI is InChI=1S/C32H26Cl2FN3O3S/c1-19-25(33)10-7-13-28(19)37-30(39)20(2)42-23-16-14-22(15-17-23)36-32(41)29(18-24-26(34)11-6-12-27(24)35)38-31(40)21-8-4-3-5-9-21/h3-18,20H,1-2H3,(H,36,41)(H,37,39)(H,38,40)/b29-18-. The number of benzene rings is 4. The first kappa shape index (κ1) is 30.8. The van der Waals surface area contributed by atoms with E-state index in [0.29, 0.717) is 22.0 Å². The molecule has 42 heavy (non-hydrogen) atoms. The van der Waals surface area contributed by atoms with Gasteiger partial charge in [0.2, 0.25) is 5.91 Å². The van der Waals surface area contributed by atoms with E-state index in [1.54, 1.807) is 79.7 Å². The molecule has 0 bridgehead atoms. The van der Waals surface area contributed by atoms with Crippen LogP contribution in [0.25, 0.3) is 6.08 Å². The van der Waals surface area contributed by atoms with Gasteiger partial charge in [0.1, 0.15) is 11.5 Å². The molecule has 1 unspecified atom stereocenters. The molecule has 3 amide bonds. The van der Waals surface area contributed by atoms with E-state index in [-0.39, 0.29) is 22.2 Å². The Kier molecular flexibility index (Phi) is 10.4. The lowest BCUT2D eigenvalue weighted by Gasteiger charge is -2.15. The summed E-state index contributed by atoms with van der Waals surface area (Å²) in [6.45, 7) is 3.62. The molecule has 0 aliphatic carbocycles. The Morgan fingerprint density at radius 1 is 0.833 bits per heavy atom. The van der Waals surface area contributed by atoms with Gasteiger partial charge in [0.05, 0.1) is 10.3 Å². The zero-order valence-corrected chi connectivity index (χ0v) is 24.9. The highest BCUT2D eigenvalue weighted by molar-refractivity contribution is 8.00. The van der Waals surface area contributed by atoms with Crippen molar-refractivity contribution in [2.75, 3.05) is 10.6 Å². The molecule has 4 aromatic rings. The number of halogens is 3. The SMILES string of the molecule is Cc1c(Cl)cccc1NC(=O)C(C)Sc1ccc(NC(=O)/C(=C/c2c(F)cccc2Cl)NC(=O)c2ccccc2)cc1. The van der Waals surface area contributed by atoms with Crippen molar-refractivity contribution < 1.29 is 18.8 Å². The van der Waals surface area contributed by atoms with Crippen LogP contribution in [0, 0.1) is 12.7 Å². The van der Waals surface area contributed by atoms with Crippen LogP contribution in [0.15, 0.2) is 102 Å². The summed E-state index contributed by atoms with van der Waals surface area (Å²) in [5.74, 6) is -2.05. The van der Waals surface area contributed by atoms with Gasteiger partial charge in [0.15, 0.2) is 0 Å². The van der Waals surface area contributed by atoms with Crippen LogP contribution in [-0.2, 0) is 9.59 Å². The van der Waals surface area contributed by atoms with E-state index in [1.165, 1.54) is 36.0 Å². The number of rotatable bonds is 9. The van der Waals surface area contributed by atoms with Crippen LogP contribution < -0.4 is 16.0 Å². The first-order valence-corrected chi connectivity index (χ1v) is 14.4. The Hall–Kier alpha value is -4.11. The predicted molar refractivity (Wildman–Crippen MR) is 169 cm³/mol. The summed E-state index contributed by atoms with van der Waals surface area (Å²) in [6.07, 6.45) is 1.19. The molecule has 214 valence electrons. The molecule has 6 nitrogen and oxygen atoms in total. The van der Waals surface area contributed by atoms with Gasteiger partial charge in [-0.25, -0.2) is 4.39 Å². The van der Waals surface area contributed by atoms with Gasteiger partial charge in [-0.1, -0.05) is 53.5 Å². The highest BCUT2D eigenvalue weighted by atomic mass is 35.5. The molecule has 0 radical (unpaired) electrons. The van der Waals surface area contributed by atoms with E-state index in [0.717, 1.165) is 10.5 Å². The van der Waals surface area contributed by atoms with E-state index in [9.17, 15) is 18.8 Å². The van der Waals surface area contributed by atoms with Crippen molar-refractivity contribution in [3.05, 3.63) is 129 Å². The number of hydrogen-bond acceptors (Lipinski definition) is 4. The largest absolute Gasteiger partial charge is 0.325 e. The smallest absolute Gasteiger partial charge is 0.272 e. The average Bonchev–Trinajstić information content (AvgIpc) is 2.98. The number of hydrogen-bond donors (Lipinski definition) is 3. The first-order chi connectivity index (χ1) is 20.1. The van der Waals surface area contributed by atoms with Crippen molar-refractivity contribution in [1.82, 2.24) is 5.32 Å². The van der Waals surface area contributed by atoms with Crippen LogP contribution in [0.4, 0.5) is 15.8 Å². The Balaban J connectivity index is 1.46. The van der Waals surface area contributed by atoms with Crippen molar-refractivity contribution in [3.8, 4) is 0 Å². The van der Waals surface area contributed by atoms with Crippen molar-refractivity contribution in [1.29, 1.82) is 0 Å². The predicted octanol–water partition coefficient (Wildman–Crippen LogP) is 7.97. The van der Waals surface area contributed by atoms with Gasteiger partial charge in [-0.15, -0.1) is 11.8 Å². The number of anilines is 2. The molecule has 3 N–H and O–H groups in total. The monoisotopic (exact) mass is 621 g/mol. The number of carbonyl (C=O) groups is 3. The number of amides is 3. The second-order valence-corrected chi connectivity index (χ2v) is 11.4. The molecular formula is C32H26Cl2FN3O3S. The van der Waals surface area contributed by atoms with E-state index in [4.69, 9.17) is 23.2 Å². The number of carbonyl (C=O) groups excluding carboxylic acids is 3. The lowest BCUT2D eigenvalue weighted by atomic mass is 10.1. The molecule has 0 aliphatic heterocycles. The van der Waals surface area contributed by atoms with Gasteiger partial charge >= 0.3 is 0 Å². The highest BCUT2D eigenvalue weighted by Crippen LogP contribution is 2.28. The molecule has 4 aromatic carbocycles. The number of thioether (sulfide) groups is 1. The molecule has 0 spiro atoms. The topological polar surface area (TPSA) is 87.3 Å². The molecule has 0 saturated carbocycles. The van der Waals surface area contributed by atoms with Crippen LogP contribution >= 0.6 is 35.0 Å². The normalized spacial score (nSPS) is 11.9. The third kappa shape index (κ3) is 8.00. The molecule has 0 aromatic heterocycles. The minimum atomic E-state index is -0.677. The average molecular weight is 623 g/mol. The quantitative estimate of drug-likeness (QED) is 0.131. The zero-order valence-electron chi connectivity index (χ0n) is 22.6. The maximum atomic E-state index is 14.5. The maximum absolute atomic E-state index is 14.5. The summed E-state index contributed by atoms with van der Waals surface area (Å²) in [5.41, 5.74) is 1.95. The Morgan fingerprint density at radius 2 is 1.50 bits per heavy atom. The molecule has 4 rings (SSSR count). The third-order valence-electron chi connectivity index (χ3n) is 6.14. The Morgan fingerprint density at radius 3 is 2.19 bits per heavy atom. The van der Waals surface area contributed by atoms with Gasteiger partial charge in [-0.2, -0.15) is 0 Å². The van der Waals surface area contributed by atoms with Gasteiger partial charge in [0.25, 0.3) is 11.8 Å². The van der Waals surface area contributed by atoms with Crippen LogP contribution in [-0.4, -0.2) is 23.0 Å². The minimum absolute atomic E-state index is 0.0374. The molecule has 0 saturated heterocycles. The van der Waals surface area contributed by atoms with Gasteiger partial charge in [-0.3, -0.25) is 14.4 Å². The molecular weight excluding hydrogens is 596 g/mol. The van der Waals surface area contributed by atoms with E-state index in [1.807, 2.05) is 6.92 Å². The van der Waals surface area contributed by atoms with E-state index in [2.05, 4.69) is 16.0 Å². The lowest BCUT2D eigenvalue weighted by Crippen LogP contribution is -2.30. The summed E-state index contributed by atoms with van der Waals surface area (Å²) in [4.78, 5) is 39.6. The molecule has 0 fully saturated rings. The summed E-state index contributed by atoms with van der Waals surface area (Å²) in [7, 11) is 0. The van der Waals surface area contributed by atoms with Crippen molar-refractivity contribution in [2.24, 2.45) is 0 Å². The number of nitrogens with one attached hydrogen (secondary N) is 3. The fraction of sp³-hybridized carbons (Fsp3) is 0.0938. The summed E-state index contributed by atoms with van der Waals surface area (Å²) in [5, 5.41) is 8.41. The van der Waals surface area contributed by atoms with Crippen LogP contribution in [0.2, 0.25) is 10.0 Å². The third-order valence-corrected chi connectivity index (χ3v) is 7.99. The van der Waals surface area contributed by atoms with Gasteiger partial charge in [-0.05, 0) is 86.2 Å². The molecule has 0 aliphatic rings. The fourth-order valence-corrected chi connectivity index (χ4v) is 5.05. The Labute approximate surface area is 257 Å². The minimum Gasteiger partial charge on any atom is -0.325 e. The highest BCUT2D eigenvalue weighted by Gasteiger charge is 2.18. The Bertz CT molecular complexity index is 1630. The van der Waals surface area contributed by atoms with E-state index < -0.39 is 22.9 Å². The summed E-state index contributed by atoms with van der Waals surface area (Å²) < 4.78 is 14.5. The lowest BCUT2D eigenvalue weighted by molar-refractivity contribution is -0.115. The van der Waals surface area contributed by atoms with Crippen LogP contribution in [0.5, 0.6) is 0 Å². The zero-order chi connectivity index (χ0) is 30.2. The second kappa shape index (κ2) is 14.2. The van der Waals surface area contributed by atoms with Crippen molar-refractivity contribution >= 4 is 70.1 Å². The molecule has 0 heterocycles. The second-order valence-electron chi connectivity index (χ2n) is 9.15. The maximum Gasteiger partial charge on any atom is 0.272 e. The van der Waals surface area contributed by atoms with Crippen molar-refractivity contribution in [3.63, 3.8) is 0 Å². The van der Waals surface area contributed by atoms with Crippen molar-refractivity contribution in [2.45, 2.75) is 24.0 Å². The van der Waals surface area contributed by atoms with Crippen LogP contribution in [0.3, 0.4) is 0 Å². The first-order valence-electron chi connectivity index (χ1n) is 12.8. The van der Waals surface area contributed by atoms with Crippen LogP contribution in [0.1, 0.15) is 28.4 Å². The van der Waals surface area contributed by atoms with Gasteiger partial charge < -0.3 is 16.0 Å². The fourth-order valence-electron chi connectivity index (χ4n) is 3.79. The molecule has 10 heteroatoms. The summed E-state index contributed by atoms with van der Waals surface area (Å²) >= 11 is 13.7. The van der Waals surface area contributed by atoms with E-state index >= 15 is 0 Å². The summed E-state index contributed by atoms with van der Waals surface area (Å²) in [6, 6.07) is 24.6. The van der Waals surface area contributed by atoms with Gasteiger partial charge in [0, 0.05) is 32.4 Å². The molecule has 1 atom stereocenters.